The summed E-state index contributed by atoms with van der Waals surface area (Å²) in [7, 11) is 0. The minimum atomic E-state index is -0.642. The summed E-state index contributed by atoms with van der Waals surface area (Å²) in [6.45, 7) is 3.50. The molecule has 2 aromatic rings. The monoisotopic (exact) mass is 306 g/mol. The van der Waals surface area contributed by atoms with Gasteiger partial charge in [-0.3, -0.25) is 0 Å². The molecular formula is C17H16Cl2O. The van der Waals surface area contributed by atoms with E-state index in [1.54, 1.807) is 13.8 Å². The zero-order valence-electron chi connectivity index (χ0n) is 11.4. The molecule has 0 aliphatic heterocycles. The first kappa shape index (κ1) is 15.1. The average Bonchev–Trinajstić information content (AvgIpc) is 2.39. The molecule has 2 aromatic carbocycles. The highest BCUT2D eigenvalue weighted by atomic mass is 35.5. The van der Waals surface area contributed by atoms with Crippen LogP contribution in [0.3, 0.4) is 0 Å². The van der Waals surface area contributed by atoms with Gasteiger partial charge in [-0.1, -0.05) is 65.7 Å². The van der Waals surface area contributed by atoms with Crippen molar-refractivity contribution in [3.8, 4) is 11.1 Å². The minimum Gasteiger partial charge on any atom is -0.389 e. The maximum absolute atomic E-state index is 10.0. The Morgan fingerprint density at radius 2 is 1.55 bits per heavy atom. The third-order valence-corrected chi connectivity index (χ3v) is 3.70. The van der Waals surface area contributed by atoms with Crippen molar-refractivity contribution in [2.24, 2.45) is 0 Å². The summed E-state index contributed by atoms with van der Waals surface area (Å²) in [4.78, 5) is 0. The van der Waals surface area contributed by atoms with Crippen LogP contribution >= 0.6 is 23.2 Å². The molecule has 0 radical (unpaired) electrons. The first-order valence-corrected chi connectivity index (χ1v) is 7.16. The normalized spacial score (nSPS) is 13.8. The van der Waals surface area contributed by atoms with Crippen molar-refractivity contribution < 1.29 is 5.11 Å². The molecule has 1 atom stereocenters. The molecule has 0 saturated carbocycles. The molecule has 0 saturated heterocycles. The lowest BCUT2D eigenvalue weighted by Gasteiger charge is -2.17. The second-order valence-electron chi connectivity index (χ2n) is 4.65. The summed E-state index contributed by atoms with van der Waals surface area (Å²) in [5, 5.41) is 11.3. The van der Waals surface area contributed by atoms with Gasteiger partial charge >= 0.3 is 0 Å². The number of aliphatic hydroxyl groups is 1. The quantitative estimate of drug-likeness (QED) is 0.809. The van der Waals surface area contributed by atoms with E-state index in [1.165, 1.54) is 0 Å². The molecule has 1 nitrogen and oxygen atoms in total. The van der Waals surface area contributed by atoms with Crippen LogP contribution < -0.4 is 0 Å². The summed E-state index contributed by atoms with van der Waals surface area (Å²) >= 11 is 12.4. The van der Waals surface area contributed by atoms with Crippen LogP contribution in [0.25, 0.3) is 16.7 Å². The van der Waals surface area contributed by atoms with Crippen LogP contribution in [0, 0.1) is 0 Å². The Balaban J connectivity index is 2.69. The topological polar surface area (TPSA) is 20.2 Å². The molecule has 3 heteroatoms. The second-order valence-corrected chi connectivity index (χ2v) is 5.62. The highest BCUT2D eigenvalue weighted by Crippen LogP contribution is 2.36. The number of allylic oxidation sites excluding steroid dienone is 1. The maximum Gasteiger partial charge on any atom is 0.0779 e. The van der Waals surface area contributed by atoms with E-state index in [9.17, 15) is 5.11 Å². The van der Waals surface area contributed by atoms with Crippen LogP contribution in [0.5, 0.6) is 0 Å². The minimum absolute atomic E-state index is 0.583. The molecule has 0 fully saturated rings. The van der Waals surface area contributed by atoms with Crippen molar-refractivity contribution in [3.63, 3.8) is 0 Å². The molecule has 0 spiro atoms. The van der Waals surface area contributed by atoms with E-state index in [-0.39, 0.29) is 0 Å². The summed E-state index contributed by atoms with van der Waals surface area (Å²) in [5.41, 5.74) is 3.53. The van der Waals surface area contributed by atoms with E-state index in [0.29, 0.717) is 10.1 Å². The molecule has 2 rings (SSSR count). The van der Waals surface area contributed by atoms with Crippen molar-refractivity contribution in [1.82, 2.24) is 0 Å². The van der Waals surface area contributed by atoms with Crippen LogP contribution in [0.2, 0.25) is 5.02 Å². The fourth-order valence-corrected chi connectivity index (χ4v) is 2.83. The van der Waals surface area contributed by atoms with Gasteiger partial charge in [-0.15, -0.1) is 0 Å². The summed E-state index contributed by atoms with van der Waals surface area (Å²) in [5.74, 6) is 0. The number of aliphatic hydroxyl groups excluding tert-OH is 1. The lowest BCUT2D eigenvalue weighted by atomic mass is 9.92. The molecule has 0 aliphatic carbocycles. The van der Waals surface area contributed by atoms with Crippen LogP contribution in [-0.4, -0.2) is 11.2 Å². The lowest BCUT2D eigenvalue weighted by Crippen LogP contribution is -2.06. The first-order valence-electron chi connectivity index (χ1n) is 6.41. The zero-order valence-corrected chi connectivity index (χ0v) is 12.9. The van der Waals surface area contributed by atoms with Crippen molar-refractivity contribution in [2.45, 2.75) is 20.0 Å². The number of hydrogen-bond acceptors (Lipinski definition) is 1. The molecule has 0 amide bonds. The maximum atomic E-state index is 10.0. The second kappa shape index (κ2) is 6.45. The van der Waals surface area contributed by atoms with Gasteiger partial charge in [-0.2, -0.15) is 0 Å². The molecule has 20 heavy (non-hydrogen) atoms. The molecule has 0 bridgehead atoms. The van der Waals surface area contributed by atoms with E-state index in [1.807, 2.05) is 48.5 Å². The first-order chi connectivity index (χ1) is 9.52. The Morgan fingerprint density at radius 1 is 1.00 bits per heavy atom. The van der Waals surface area contributed by atoms with E-state index in [0.717, 1.165) is 22.3 Å². The molecule has 0 aromatic heterocycles. The number of hydrogen-bond donors (Lipinski definition) is 1. The lowest BCUT2D eigenvalue weighted by molar-refractivity contribution is 0.253. The van der Waals surface area contributed by atoms with E-state index in [2.05, 4.69) is 0 Å². The molecular weight excluding hydrogens is 291 g/mol. The van der Waals surface area contributed by atoms with Gasteiger partial charge in [0.15, 0.2) is 0 Å². The number of rotatable bonds is 3. The Kier molecular flexibility index (Phi) is 4.87. The van der Waals surface area contributed by atoms with Gasteiger partial charge in [-0.25, -0.2) is 0 Å². The van der Waals surface area contributed by atoms with Gasteiger partial charge in [0, 0.05) is 21.2 Å². The Bertz CT molecular complexity index is 641. The Labute approximate surface area is 129 Å². The molecule has 0 heterocycles. The fraction of sp³-hybridized carbons (Fsp3) is 0.176. The van der Waals surface area contributed by atoms with E-state index >= 15 is 0 Å². The summed E-state index contributed by atoms with van der Waals surface area (Å²) < 4.78 is 0. The van der Waals surface area contributed by atoms with E-state index in [4.69, 9.17) is 23.2 Å². The van der Waals surface area contributed by atoms with Crippen LogP contribution in [0.4, 0.5) is 0 Å². The molecule has 1 N–H and O–H groups in total. The van der Waals surface area contributed by atoms with Crippen LogP contribution in [-0.2, 0) is 0 Å². The standard InChI is InChI=1S/C17H16Cl2O/c1-11(18)17(12(2)20)15-9-4-3-7-13(15)14-8-5-6-10-16(14)19/h3-10,12,20H,1-2H3/b17-11+. The highest BCUT2D eigenvalue weighted by molar-refractivity contribution is 6.34. The molecule has 104 valence electrons. The highest BCUT2D eigenvalue weighted by Gasteiger charge is 2.16. The van der Waals surface area contributed by atoms with Gasteiger partial charge < -0.3 is 5.11 Å². The number of halogens is 2. The molecule has 1 unspecified atom stereocenters. The van der Waals surface area contributed by atoms with Crippen molar-refractivity contribution >= 4 is 28.8 Å². The van der Waals surface area contributed by atoms with Gasteiger partial charge in [0.05, 0.1) is 6.10 Å². The summed E-state index contributed by atoms with van der Waals surface area (Å²) in [6, 6.07) is 15.5. The SMILES string of the molecule is C/C(Cl)=C(\c1ccccc1-c1ccccc1Cl)C(C)O. The van der Waals surface area contributed by atoms with Gasteiger partial charge in [0.2, 0.25) is 0 Å². The smallest absolute Gasteiger partial charge is 0.0779 e. The fourth-order valence-electron chi connectivity index (χ4n) is 2.33. The van der Waals surface area contributed by atoms with Gasteiger partial charge in [0.1, 0.15) is 0 Å². The Hall–Kier alpha value is -1.28. The predicted molar refractivity (Wildman–Crippen MR) is 87.0 cm³/mol. The summed E-state index contributed by atoms with van der Waals surface area (Å²) in [6.07, 6.45) is -0.642. The third kappa shape index (κ3) is 3.06. The van der Waals surface area contributed by atoms with Gasteiger partial charge in [0.25, 0.3) is 0 Å². The van der Waals surface area contributed by atoms with E-state index < -0.39 is 6.10 Å². The average molecular weight is 307 g/mol. The molecule has 0 aliphatic rings. The largest absolute Gasteiger partial charge is 0.389 e. The Morgan fingerprint density at radius 3 is 2.10 bits per heavy atom. The van der Waals surface area contributed by atoms with Crippen molar-refractivity contribution in [2.75, 3.05) is 0 Å². The zero-order chi connectivity index (χ0) is 14.7. The number of benzene rings is 2. The van der Waals surface area contributed by atoms with Crippen molar-refractivity contribution in [3.05, 3.63) is 64.1 Å². The third-order valence-electron chi connectivity index (χ3n) is 3.17. The predicted octanol–water partition coefficient (Wildman–Crippen LogP) is 5.36. The van der Waals surface area contributed by atoms with Crippen LogP contribution in [0.15, 0.2) is 53.6 Å². The van der Waals surface area contributed by atoms with Crippen LogP contribution in [0.1, 0.15) is 19.4 Å². The van der Waals surface area contributed by atoms with Gasteiger partial charge in [-0.05, 0) is 31.0 Å². The van der Waals surface area contributed by atoms with Crippen molar-refractivity contribution in [1.29, 1.82) is 0 Å².